The molecular weight excluding hydrogens is 416 g/mol. The Balaban J connectivity index is 1.32. The van der Waals surface area contributed by atoms with Gasteiger partial charge in [0, 0.05) is 53.9 Å². The minimum Gasteiger partial charge on any atom is -0.340 e. The van der Waals surface area contributed by atoms with Crippen molar-refractivity contribution in [1.82, 2.24) is 14.8 Å². The van der Waals surface area contributed by atoms with E-state index in [0.717, 1.165) is 42.4 Å². The molecule has 4 rings (SSSR count). The second kappa shape index (κ2) is 9.49. The molecular formula is C22H28N4O2S2. The van der Waals surface area contributed by atoms with Gasteiger partial charge in [-0.3, -0.25) is 14.5 Å². The fraction of sp³-hybridized carbons (Fsp3) is 0.500. The Hall–Kier alpha value is -1.90. The van der Waals surface area contributed by atoms with E-state index >= 15 is 0 Å². The van der Waals surface area contributed by atoms with Gasteiger partial charge in [-0.15, -0.1) is 23.1 Å². The molecule has 1 saturated heterocycles. The summed E-state index contributed by atoms with van der Waals surface area (Å²) in [5.41, 5.74) is 2.00. The van der Waals surface area contributed by atoms with Crippen LogP contribution in [-0.2, 0) is 16.0 Å². The van der Waals surface area contributed by atoms with Gasteiger partial charge < -0.3 is 9.80 Å². The Morgan fingerprint density at radius 1 is 1.10 bits per heavy atom. The van der Waals surface area contributed by atoms with Crippen molar-refractivity contribution >= 4 is 40.6 Å². The molecule has 0 bridgehead atoms. The number of aryl methyl sites for hydroxylation is 1. The summed E-state index contributed by atoms with van der Waals surface area (Å²) in [6, 6.07) is 8.20. The number of fused-ring (bicyclic) bond motifs is 1. The molecule has 1 aromatic carbocycles. The molecule has 1 atom stereocenters. The number of thiazole rings is 1. The van der Waals surface area contributed by atoms with E-state index < -0.39 is 0 Å². The first-order valence-electron chi connectivity index (χ1n) is 10.5. The number of thioether (sulfide) groups is 1. The van der Waals surface area contributed by atoms with Gasteiger partial charge in [-0.25, -0.2) is 4.98 Å². The summed E-state index contributed by atoms with van der Waals surface area (Å²) in [5.74, 6) is 0.276. The molecule has 2 aliphatic heterocycles. The largest absolute Gasteiger partial charge is 0.340 e. The van der Waals surface area contributed by atoms with Crippen molar-refractivity contribution in [3.63, 3.8) is 0 Å². The van der Waals surface area contributed by atoms with Crippen LogP contribution >= 0.6 is 23.1 Å². The molecule has 6 nitrogen and oxygen atoms in total. The quantitative estimate of drug-likeness (QED) is 0.726. The summed E-state index contributed by atoms with van der Waals surface area (Å²) < 4.78 is 0. The van der Waals surface area contributed by atoms with Crippen LogP contribution in [0.4, 0.5) is 5.69 Å². The number of carbonyl (C=O) groups excluding carboxylic acids is 2. The molecule has 0 spiro atoms. The Morgan fingerprint density at radius 2 is 1.87 bits per heavy atom. The van der Waals surface area contributed by atoms with E-state index in [-0.39, 0.29) is 11.8 Å². The number of nitrogens with zero attached hydrogens (tertiary/aromatic N) is 4. The van der Waals surface area contributed by atoms with Gasteiger partial charge in [0.2, 0.25) is 11.8 Å². The lowest BCUT2D eigenvalue weighted by molar-refractivity contribution is -0.132. The number of hydrogen-bond acceptors (Lipinski definition) is 6. The van der Waals surface area contributed by atoms with Crippen LogP contribution in [0.1, 0.15) is 24.0 Å². The van der Waals surface area contributed by atoms with Gasteiger partial charge in [-0.1, -0.05) is 19.1 Å². The van der Waals surface area contributed by atoms with Crippen LogP contribution in [0.3, 0.4) is 0 Å². The van der Waals surface area contributed by atoms with Crippen molar-refractivity contribution in [2.75, 3.05) is 44.2 Å². The molecule has 3 heterocycles. The van der Waals surface area contributed by atoms with Crippen molar-refractivity contribution < 1.29 is 9.59 Å². The molecule has 1 fully saturated rings. The number of aromatic nitrogens is 1. The molecule has 0 aliphatic carbocycles. The Kier molecular flexibility index (Phi) is 6.75. The van der Waals surface area contributed by atoms with Crippen molar-refractivity contribution in [2.45, 2.75) is 36.8 Å². The third-order valence-corrected chi connectivity index (χ3v) is 7.80. The van der Waals surface area contributed by atoms with E-state index in [9.17, 15) is 9.59 Å². The van der Waals surface area contributed by atoms with E-state index in [2.05, 4.69) is 28.9 Å². The first kappa shape index (κ1) is 21.3. The van der Waals surface area contributed by atoms with Crippen molar-refractivity contribution in [1.29, 1.82) is 0 Å². The molecule has 2 aliphatic rings. The average Bonchev–Trinajstić information content (AvgIpc) is 3.05. The fourth-order valence-corrected chi connectivity index (χ4v) is 5.78. The topological polar surface area (TPSA) is 56.8 Å². The molecule has 0 radical (unpaired) electrons. The van der Waals surface area contributed by atoms with Crippen LogP contribution < -0.4 is 4.90 Å². The first-order chi connectivity index (χ1) is 14.5. The number of carbonyl (C=O) groups is 2. The number of piperazine rings is 1. The molecule has 160 valence electrons. The summed E-state index contributed by atoms with van der Waals surface area (Å²) >= 11 is 3.39. The van der Waals surface area contributed by atoms with Crippen LogP contribution in [0.25, 0.3) is 0 Å². The zero-order valence-electron chi connectivity index (χ0n) is 17.5. The molecule has 1 unspecified atom stereocenters. The highest BCUT2D eigenvalue weighted by Crippen LogP contribution is 2.37. The third kappa shape index (κ3) is 5.04. The number of amides is 2. The number of hydrogen-bond donors (Lipinski definition) is 0. The lowest BCUT2D eigenvalue weighted by atomic mass is 10.2. The van der Waals surface area contributed by atoms with Crippen molar-refractivity contribution in [2.24, 2.45) is 0 Å². The molecule has 30 heavy (non-hydrogen) atoms. The highest BCUT2D eigenvalue weighted by Gasteiger charge is 2.27. The number of anilines is 1. The van der Waals surface area contributed by atoms with Gasteiger partial charge >= 0.3 is 0 Å². The number of benzene rings is 1. The van der Waals surface area contributed by atoms with Crippen LogP contribution in [-0.4, -0.2) is 71.1 Å². The summed E-state index contributed by atoms with van der Waals surface area (Å²) in [6.45, 7) is 8.13. The predicted octanol–water partition coefficient (Wildman–Crippen LogP) is 3.06. The van der Waals surface area contributed by atoms with E-state index in [0.29, 0.717) is 31.3 Å². The number of rotatable bonds is 4. The smallest absolute Gasteiger partial charge is 0.241 e. The molecule has 0 saturated carbocycles. The van der Waals surface area contributed by atoms with Gasteiger partial charge in [-0.05, 0) is 25.5 Å². The fourth-order valence-electron chi connectivity index (χ4n) is 3.90. The van der Waals surface area contributed by atoms with Crippen molar-refractivity contribution in [3.8, 4) is 0 Å². The Labute approximate surface area is 186 Å². The maximum Gasteiger partial charge on any atom is 0.241 e. The Morgan fingerprint density at radius 3 is 2.60 bits per heavy atom. The normalized spacial score (nSPS) is 20.0. The zero-order valence-corrected chi connectivity index (χ0v) is 19.2. The van der Waals surface area contributed by atoms with Gasteiger partial charge in [0.15, 0.2) is 0 Å². The summed E-state index contributed by atoms with van der Waals surface area (Å²) in [7, 11) is 0. The average molecular weight is 445 g/mol. The van der Waals surface area contributed by atoms with Crippen molar-refractivity contribution in [3.05, 3.63) is 40.3 Å². The predicted molar refractivity (Wildman–Crippen MR) is 122 cm³/mol. The maximum absolute atomic E-state index is 13.1. The second-order valence-corrected chi connectivity index (χ2v) is 10.4. The van der Waals surface area contributed by atoms with E-state index in [4.69, 9.17) is 0 Å². The van der Waals surface area contributed by atoms with E-state index in [1.807, 2.05) is 46.0 Å². The van der Waals surface area contributed by atoms with Gasteiger partial charge in [0.1, 0.15) is 5.01 Å². The van der Waals surface area contributed by atoms with Crippen LogP contribution in [0, 0.1) is 6.92 Å². The summed E-state index contributed by atoms with van der Waals surface area (Å²) in [4.78, 5) is 37.3. The van der Waals surface area contributed by atoms with Crippen LogP contribution in [0.2, 0.25) is 0 Å². The minimum atomic E-state index is 0.128. The molecule has 0 N–H and O–H groups in total. The molecule has 1 aromatic heterocycles. The highest BCUT2D eigenvalue weighted by molar-refractivity contribution is 8.00. The highest BCUT2D eigenvalue weighted by atomic mass is 32.2. The van der Waals surface area contributed by atoms with E-state index in [1.165, 1.54) is 4.90 Å². The lowest BCUT2D eigenvalue weighted by Crippen LogP contribution is -2.52. The zero-order chi connectivity index (χ0) is 21.1. The maximum atomic E-state index is 13.1. The SMILES string of the molecule is Cc1csc(CC(=O)N2CCN(CC(=O)N3CCC(C)Sc4ccccc43)CC2)n1. The Bertz CT molecular complexity index is 908. The lowest BCUT2D eigenvalue weighted by Gasteiger charge is -2.35. The third-order valence-electron chi connectivity index (χ3n) is 5.60. The van der Waals surface area contributed by atoms with E-state index in [1.54, 1.807) is 11.3 Å². The van der Waals surface area contributed by atoms with Crippen LogP contribution in [0.15, 0.2) is 34.5 Å². The molecule has 2 amide bonds. The monoisotopic (exact) mass is 444 g/mol. The molecule has 8 heteroatoms. The number of para-hydroxylation sites is 1. The van der Waals surface area contributed by atoms with Gasteiger partial charge in [-0.2, -0.15) is 0 Å². The first-order valence-corrected chi connectivity index (χ1v) is 12.2. The van der Waals surface area contributed by atoms with Gasteiger partial charge in [0.25, 0.3) is 0 Å². The van der Waals surface area contributed by atoms with Gasteiger partial charge in [0.05, 0.1) is 18.7 Å². The van der Waals surface area contributed by atoms with Crippen LogP contribution in [0.5, 0.6) is 0 Å². The second-order valence-electron chi connectivity index (χ2n) is 7.95. The summed E-state index contributed by atoms with van der Waals surface area (Å²) in [5, 5.41) is 3.36. The summed E-state index contributed by atoms with van der Waals surface area (Å²) in [6.07, 6.45) is 1.36. The molecule has 2 aromatic rings. The minimum absolute atomic E-state index is 0.128. The standard InChI is InChI=1S/C22H28N4O2S2/c1-16-15-29-20(23-16)13-21(27)25-11-9-24(10-12-25)14-22(28)26-8-7-17(2)30-19-6-4-3-5-18(19)26/h3-6,15,17H,7-14H2,1-2H3.